The Morgan fingerprint density at radius 1 is 1.09 bits per heavy atom. The molecule has 1 fully saturated rings. The molecular formula is C17H23N5. The summed E-state index contributed by atoms with van der Waals surface area (Å²) in [5, 5.41) is 0.843. The summed E-state index contributed by atoms with van der Waals surface area (Å²) in [6.07, 6.45) is 12.8. The number of fused-ring (bicyclic) bond motifs is 1. The van der Waals surface area contributed by atoms with E-state index in [0.29, 0.717) is 5.82 Å². The van der Waals surface area contributed by atoms with Gasteiger partial charge in [0.1, 0.15) is 17.8 Å². The maximum Gasteiger partial charge on any atom is 0.143 e. The van der Waals surface area contributed by atoms with Crippen molar-refractivity contribution in [3.8, 4) is 11.1 Å². The molecule has 0 atom stereocenters. The second-order valence-electron chi connectivity index (χ2n) is 4.84. The number of nitrogen functional groups attached to an aromatic ring is 1. The monoisotopic (exact) mass is 297 g/mol. The maximum atomic E-state index is 5.85. The highest BCUT2D eigenvalue weighted by atomic mass is 15.0. The number of H-pyrrole nitrogens is 1. The smallest absolute Gasteiger partial charge is 0.143 e. The molecule has 116 valence electrons. The number of nitrogens with one attached hydrogen (secondary N) is 1. The summed E-state index contributed by atoms with van der Waals surface area (Å²) in [6, 6.07) is 3.86. The molecule has 1 aliphatic rings. The predicted molar refractivity (Wildman–Crippen MR) is 91.3 cm³/mol. The van der Waals surface area contributed by atoms with Crippen LogP contribution in [0.4, 0.5) is 5.82 Å². The van der Waals surface area contributed by atoms with E-state index in [1.165, 1.54) is 32.0 Å². The summed E-state index contributed by atoms with van der Waals surface area (Å²) in [5.41, 5.74) is 8.56. The number of anilines is 1. The minimum atomic E-state index is 0.477. The molecule has 0 amide bonds. The van der Waals surface area contributed by atoms with Gasteiger partial charge in [-0.3, -0.25) is 4.98 Å². The van der Waals surface area contributed by atoms with E-state index in [1.807, 2.05) is 32.2 Å². The molecule has 0 aliphatic heterocycles. The van der Waals surface area contributed by atoms with Crippen molar-refractivity contribution in [1.82, 2.24) is 19.9 Å². The highest BCUT2D eigenvalue weighted by Crippen LogP contribution is 2.29. The van der Waals surface area contributed by atoms with Crippen LogP contribution in [0.2, 0.25) is 0 Å². The number of hydrogen-bond donors (Lipinski definition) is 2. The molecule has 3 N–H and O–H groups in total. The normalized spacial score (nSPS) is 12.5. The maximum absolute atomic E-state index is 5.85. The van der Waals surface area contributed by atoms with Crippen LogP contribution in [0.5, 0.6) is 0 Å². The molecule has 0 bridgehead atoms. The van der Waals surface area contributed by atoms with Crippen molar-refractivity contribution in [2.45, 2.75) is 39.5 Å². The van der Waals surface area contributed by atoms with Crippen molar-refractivity contribution in [2.24, 2.45) is 0 Å². The topological polar surface area (TPSA) is 80.5 Å². The van der Waals surface area contributed by atoms with Gasteiger partial charge in [-0.15, -0.1) is 0 Å². The Kier molecular flexibility index (Phi) is 5.89. The Balaban J connectivity index is 0.000000251. The minimum Gasteiger partial charge on any atom is -0.383 e. The van der Waals surface area contributed by atoms with Crippen LogP contribution in [0.15, 0.2) is 37.1 Å². The van der Waals surface area contributed by atoms with Crippen LogP contribution in [0.25, 0.3) is 22.2 Å². The van der Waals surface area contributed by atoms with Gasteiger partial charge < -0.3 is 10.7 Å². The molecule has 5 nitrogen and oxygen atoms in total. The fourth-order valence-electron chi connectivity index (χ4n) is 1.99. The zero-order valence-corrected chi connectivity index (χ0v) is 13.2. The second kappa shape index (κ2) is 8.12. The van der Waals surface area contributed by atoms with E-state index < -0.39 is 0 Å². The van der Waals surface area contributed by atoms with E-state index in [9.17, 15) is 0 Å². The third-order valence-corrected chi connectivity index (χ3v) is 3.47. The largest absolute Gasteiger partial charge is 0.383 e. The van der Waals surface area contributed by atoms with Gasteiger partial charge in [0, 0.05) is 29.7 Å². The number of rotatable bonds is 1. The van der Waals surface area contributed by atoms with Gasteiger partial charge in [-0.2, -0.15) is 0 Å². The highest BCUT2D eigenvalue weighted by molar-refractivity contribution is 5.99. The first-order valence-electron chi connectivity index (χ1n) is 7.84. The molecule has 3 aromatic rings. The molecule has 0 saturated heterocycles. The van der Waals surface area contributed by atoms with E-state index in [-0.39, 0.29) is 0 Å². The third-order valence-electron chi connectivity index (χ3n) is 3.47. The van der Waals surface area contributed by atoms with Crippen molar-refractivity contribution in [3.63, 3.8) is 0 Å². The van der Waals surface area contributed by atoms with E-state index in [0.717, 1.165) is 22.2 Å². The van der Waals surface area contributed by atoms with Gasteiger partial charge in [-0.25, -0.2) is 9.97 Å². The Morgan fingerprint density at radius 2 is 1.82 bits per heavy atom. The molecule has 4 rings (SSSR count). The Morgan fingerprint density at radius 3 is 2.41 bits per heavy atom. The SMILES string of the molecule is C1CCC1.CC.Nc1ncnc2[nH]cc(-c3cccnc3)c12. The number of nitrogens with two attached hydrogens (primary N) is 1. The summed E-state index contributed by atoms with van der Waals surface area (Å²) < 4.78 is 0. The zero-order chi connectivity index (χ0) is 15.8. The second-order valence-corrected chi connectivity index (χ2v) is 4.84. The summed E-state index contributed by atoms with van der Waals surface area (Å²) in [4.78, 5) is 15.3. The lowest BCUT2D eigenvalue weighted by atomic mass is 10.0. The number of pyridine rings is 1. The van der Waals surface area contributed by atoms with Crippen molar-refractivity contribution < 1.29 is 0 Å². The van der Waals surface area contributed by atoms with Gasteiger partial charge in [0.2, 0.25) is 0 Å². The van der Waals surface area contributed by atoms with Crippen LogP contribution in [-0.4, -0.2) is 19.9 Å². The molecular weight excluding hydrogens is 274 g/mol. The fourth-order valence-corrected chi connectivity index (χ4v) is 1.99. The molecule has 3 heterocycles. The van der Waals surface area contributed by atoms with Gasteiger partial charge in [0.25, 0.3) is 0 Å². The van der Waals surface area contributed by atoms with Crippen molar-refractivity contribution in [2.75, 3.05) is 5.73 Å². The lowest BCUT2D eigenvalue weighted by Crippen LogP contribution is -1.92. The van der Waals surface area contributed by atoms with Crippen LogP contribution >= 0.6 is 0 Å². The van der Waals surface area contributed by atoms with Crippen molar-refractivity contribution >= 4 is 16.9 Å². The van der Waals surface area contributed by atoms with E-state index >= 15 is 0 Å². The number of aromatic amines is 1. The Bertz CT molecular complexity index is 683. The van der Waals surface area contributed by atoms with Gasteiger partial charge in [0.05, 0.1) is 5.39 Å². The number of hydrogen-bond acceptors (Lipinski definition) is 4. The molecule has 3 aromatic heterocycles. The van der Waals surface area contributed by atoms with E-state index in [1.54, 1.807) is 12.4 Å². The molecule has 0 unspecified atom stereocenters. The van der Waals surface area contributed by atoms with Crippen LogP contribution < -0.4 is 5.73 Å². The average Bonchev–Trinajstić information content (AvgIpc) is 2.94. The van der Waals surface area contributed by atoms with Crippen molar-refractivity contribution in [3.05, 3.63) is 37.1 Å². The minimum absolute atomic E-state index is 0.477. The number of aromatic nitrogens is 4. The standard InChI is InChI=1S/C11H9N5.C4H8.C2H6/c12-10-9-8(7-2-1-3-13-4-7)5-14-11(9)16-6-15-10;1-2-4-3-1;1-2/h1-6H,(H3,12,14,15,16);1-4H2;1-2H3. The van der Waals surface area contributed by atoms with E-state index in [2.05, 4.69) is 19.9 Å². The summed E-state index contributed by atoms with van der Waals surface area (Å²) >= 11 is 0. The molecule has 5 heteroatoms. The Hall–Kier alpha value is -2.43. The van der Waals surface area contributed by atoms with Gasteiger partial charge in [-0.05, 0) is 6.07 Å². The molecule has 22 heavy (non-hydrogen) atoms. The first-order chi connectivity index (χ1) is 10.9. The predicted octanol–water partition coefficient (Wildman–Crippen LogP) is 4.19. The fraction of sp³-hybridized carbons (Fsp3) is 0.353. The van der Waals surface area contributed by atoms with Crippen LogP contribution in [0.1, 0.15) is 39.5 Å². The summed E-state index contributed by atoms with van der Waals surface area (Å²) in [7, 11) is 0. The highest BCUT2D eigenvalue weighted by Gasteiger charge is 2.10. The molecule has 0 radical (unpaired) electrons. The van der Waals surface area contributed by atoms with Crippen LogP contribution in [0.3, 0.4) is 0 Å². The third kappa shape index (κ3) is 3.61. The van der Waals surface area contributed by atoms with E-state index in [4.69, 9.17) is 5.73 Å². The molecule has 0 aromatic carbocycles. The van der Waals surface area contributed by atoms with Crippen molar-refractivity contribution in [1.29, 1.82) is 0 Å². The average molecular weight is 297 g/mol. The lowest BCUT2D eigenvalue weighted by molar-refractivity contribution is 0.504. The van der Waals surface area contributed by atoms with Crippen LogP contribution in [0, 0.1) is 0 Å². The molecule has 1 saturated carbocycles. The molecule has 0 spiro atoms. The first-order valence-corrected chi connectivity index (χ1v) is 7.84. The molecule has 1 aliphatic carbocycles. The van der Waals surface area contributed by atoms with Gasteiger partial charge in [-0.1, -0.05) is 45.6 Å². The van der Waals surface area contributed by atoms with Crippen LogP contribution in [-0.2, 0) is 0 Å². The number of nitrogens with zero attached hydrogens (tertiary/aromatic N) is 3. The Labute approximate surface area is 131 Å². The summed E-state index contributed by atoms with van der Waals surface area (Å²) in [5.74, 6) is 0.477. The lowest BCUT2D eigenvalue weighted by Gasteiger charge is -2.05. The zero-order valence-electron chi connectivity index (χ0n) is 13.2. The quantitative estimate of drug-likeness (QED) is 0.705. The first kappa shape index (κ1) is 15.9. The van der Waals surface area contributed by atoms with Gasteiger partial charge >= 0.3 is 0 Å². The summed E-state index contributed by atoms with van der Waals surface area (Å²) in [6.45, 7) is 4.00. The van der Waals surface area contributed by atoms with Gasteiger partial charge in [0.15, 0.2) is 0 Å².